The lowest BCUT2D eigenvalue weighted by atomic mass is 10.2. The quantitative estimate of drug-likeness (QED) is 0.820. The summed E-state index contributed by atoms with van der Waals surface area (Å²) in [6, 6.07) is 1.96. The molecule has 2 aromatic rings. The Labute approximate surface area is 123 Å². The van der Waals surface area contributed by atoms with Gasteiger partial charge in [-0.2, -0.15) is 0 Å². The zero-order valence-corrected chi connectivity index (χ0v) is 13.0. The van der Waals surface area contributed by atoms with E-state index in [-0.39, 0.29) is 0 Å². The molecule has 1 atom stereocenters. The minimum Gasteiger partial charge on any atom is -0.370 e. The van der Waals surface area contributed by atoms with Crippen LogP contribution in [0.1, 0.15) is 37.5 Å². The first-order chi connectivity index (χ1) is 9.72. The van der Waals surface area contributed by atoms with Crippen molar-refractivity contribution in [3.8, 4) is 0 Å². The van der Waals surface area contributed by atoms with Gasteiger partial charge in [-0.25, -0.2) is 15.0 Å². The lowest BCUT2D eigenvalue weighted by Crippen LogP contribution is -2.12. The molecule has 0 aliphatic heterocycles. The molecular weight excluding hydrogens is 270 g/mol. The third-order valence-corrected chi connectivity index (χ3v) is 3.92. The number of aromatic nitrogens is 3. The van der Waals surface area contributed by atoms with Gasteiger partial charge in [0.05, 0.1) is 5.01 Å². The Morgan fingerprint density at radius 3 is 2.55 bits per heavy atom. The molecule has 0 fully saturated rings. The summed E-state index contributed by atoms with van der Waals surface area (Å²) >= 11 is 1.69. The SMILES string of the molecule is CCNc1cc(NCC(C)c2nccs2)nc(CC)n1. The van der Waals surface area contributed by atoms with Gasteiger partial charge in [-0.15, -0.1) is 11.3 Å². The number of rotatable bonds is 7. The van der Waals surface area contributed by atoms with E-state index in [1.165, 1.54) is 0 Å². The van der Waals surface area contributed by atoms with Gasteiger partial charge in [0.1, 0.15) is 17.5 Å². The Morgan fingerprint density at radius 2 is 1.95 bits per heavy atom. The molecule has 0 aliphatic carbocycles. The molecule has 5 nitrogen and oxygen atoms in total. The van der Waals surface area contributed by atoms with E-state index in [0.29, 0.717) is 5.92 Å². The number of thiazole rings is 1. The Hall–Kier alpha value is -1.69. The molecule has 0 saturated carbocycles. The van der Waals surface area contributed by atoms with Crippen LogP contribution >= 0.6 is 11.3 Å². The fourth-order valence-corrected chi connectivity index (χ4v) is 2.54. The summed E-state index contributed by atoms with van der Waals surface area (Å²) in [5.41, 5.74) is 0. The Morgan fingerprint density at radius 1 is 1.20 bits per heavy atom. The lowest BCUT2D eigenvalue weighted by molar-refractivity contribution is 0.789. The minimum absolute atomic E-state index is 0.373. The van der Waals surface area contributed by atoms with E-state index in [9.17, 15) is 0 Å². The summed E-state index contributed by atoms with van der Waals surface area (Å²) in [5, 5.41) is 9.77. The summed E-state index contributed by atoms with van der Waals surface area (Å²) in [7, 11) is 0. The Bertz CT molecular complexity index is 526. The first kappa shape index (κ1) is 14.7. The van der Waals surface area contributed by atoms with Gasteiger partial charge in [0.2, 0.25) is 0 Å². The summed E-state index contributed by atoms with van der Waals surface area (Å²) in [6.07, 6.45) is 2.68. The van der Waals surface area contributed by atoms with Crippen molar-refractivity contribution >= 4 is 23.0 Å². The Kier molecular flexibility index (Phi) is 5.29. The number of nitrogens with zero attached hydrogens (tertiary/aromatic N) is 3. The number of nitrogens with one attached hydrogen (secondary N) is 2. The molecule has 0 bridgehead atoms. The van der Waals surface area contributed by atoms with Crippen LogP contribution in [0.3, 0.4) is 0 Å². The van der Waals surface area contributed by atoms with Crippen LogP contribution in [-0.4, -0.2) is 28.0 Å². The molecule has 2 N–H and O–H groups in total. The van der Waals surface area contributed by atoms with Gasteiger partial charge >= 0.3 is 0 Å². The topological polar surface area (TPSA) is 62.7 Å². The third kappa shape index (κ3) is 3.90. The van der Waals surface area contributed by atoms with Crippen LogP contribution in [-0.2, 0) is 6.42 Å². The number of anilines is 2. The average molecular weight is 291 g/mol. The van der Waals surface area contributed by atoms with Crippen LogP contribution in [0.15, 0.2) is 17.6 Å². The second kappa shape index (κ2) is 7.19. The number of aryl methyl sites for hydroxylation is 1. The fourth-order valence-electron chi connectivity index (χ4n) is 1.84. The van der Waals surface area contributed by atoms with Crippen molar-refractivity contribution in [2.75, 3.05) is 23.7 Å². The monoisotopic (exact) mass is 291 g/mol. The van der Waals surface area contributed by atoms with E-state index < -0.39 is 0 Å². The summed E-state index contributed by atoms with van der Waals surface area (Å²) in [4.78, 5) is 13.3. The minimum atomic E-state index is 0.373. The molecule has 0 aliphatic rings. The van der Waals surface area contributed by atoms with Crippen LogP contribution < -0.4 is 10.6 Å². The van der Waals surface area contributed by atoms with Crippen LogP contribution in [0.5, 0.6) is 0 Å². The summed E-state index contributed by atoms with van der Waals surface area (Å²) in [6.45, 7) is 7.96. The molecule has 2 aromatic heterocycles. The molecular formula is C14H21N5S. The molecule has 0 radical (unpaired) electrons. The van der Waals surface area contributed by atoms with E-state index in [1.807, 2.05) is 17.6 Å². The van der Waals surface area contributed by atoms with Crippen LogP contribution in [0.4, 0.5) is 11.6 Å². The average Bonchev–Trinajstić information content (AvgIpc) is 2.99. The van der Waals surface area contributed by atoms with E-state index in [2.05, 4.69) is 46.4 Å². The highest BCUT2D eigenvalue weighted by atomic mass is 32.1. The molecule has 1 unspecified atom stereocenters. The van der Waals surface area contributed by atoms with Crippen molar-refractivity contribution in [3.63, 3.8) is 0 Å². The van der Waals surface area contributed by atoms with Gasteiger partial charge in [0.15, 0.2) is 0 Å². The Balaban J connectivity index is 2.02. The molecule has 0 spiro atoms. The van der Waals surface area contributed by atoms with Crippen molar-refractivity contribution in [2.24, 2.45) is 0 Å². The molecule has 6 heteroatoms. The second-order valence-electron chi connectivity index (χ2n) is 4.59. The zero-order chi connectivity index (χ0) is 14.4. The lowest BCUT2D eigenvalue weighted by Gasteiger charge is -2.12. The normalized spacial score (nSPS) is 12.2. The third-order valence-electron chi connectivity index (χ3n) is 2.91. The summed E-state index contributed by atoms with van der Waals surface area (Å²) < 4.78 is 0. The maximum absolute atomic E-state index is 4.51. The van der Waals surface area contributed by atoms with Gasteiger partial charge < -0.3 is 10.6 Å². The standard InChI is InChI=1S/C14H21N5S/c1-4-11-18-12(15-5-2)8-13(19-11)17-9-10(3)14-16-6-7-20-14/h6-8,10H,4-5,9H2,1-3H3,(H2,15,17,18,19). The molecule has 2 rings (SSSR count). The molecule has 0 saturated heterocycles. The van der Waals surface area contributed by atoms with Crippen molar-refractivity contribution < 1.29 is 0 Å². The summed E-state index contributed by atoms with van der Waals surface area (Å²) in [5.74, 6) is 2.98. The molecule has 108 valence electrons. The highest BCUT2D eigenvalue weighted by Gasteiger charge is 2.09. The largest absolute Gasteiger partial charge is 0.370 e. The smallest absolute Gasteiger partial charge is 0.132 e. The highest BCUT2D eigenvalue weighted by Crippen LogP contribution is 2.19. The van der Waals surface area contributed by atoms with E-state index in [4.69, 9.17) is 0 Å². The van der Waals surface area contributed by atoms with E-state index in [1.54, 1.807) is 11.3 Å². The van der Waals surface area contributed by atoms with Crippen molar-refractivity contribution in [2.45, 2.75) is 33.1 Å². The van der Waals surface area contributed by atoms with E-state index in [0.717, 1.165) is 42.0 Å². The molecule has 0 aromatic carbocycles. The maximum Gasteiger partial charge on any atom is 0.132 e. The van der Waals surface area contributed by atoms with Crippen LogP contribution in [0.25, 0.3) is 0 Å². The van der Waals surface area contributed by atoms with Gasteiger partial charge in [-0.3, -0.25) is 0 Å². The fraction of sp³-hybridized carbons (Fsp3) is 0.500. The van der Waals surface area contributed by atoms with Crippen molar-refractivity contribution in [1.29, 1.82) is 0 Å². The molecule has 20 heavy (non-hydrogen) atoms. The predicted molar refractivity (Wildman–Crippen MR) is 84.6 cm³/mol. The maximum atomic E-state index is 4.51. The molecule has 0 amide bonds. The van der Waals surface area contributed by atoms with Gasteiger partial charge in [0.25, 0.3) is 0 Å². The zero-order valence-electron chi connectivity index (χ0n) is 12.2. The first-order valence-corrected chi connectivity index (χ1v) is 7.86. The van der Waals surface area contributed by atoms with Gasteiger partial charge in [-0.05, 0) is 6.92 Å². The van der Waals surface area contributed by atoms with Gasteiger partial charge in [-0.1, -0.05) is 13.8 Å². The van der Waals surface area contributed by atoms with Crippen LogP contribution in [0, 0.1) is 0 Å². The predicted octanol–water partition coefficient (Wildman–Crippen LogP) is 3.14. The van der Waals surface area contributed by atoms with E-state index >= 15 is 0 Å². The van der Waals surface area contributed by atoms with Crippen molar-refractivity contribution in [3.05, 3.63) is 28.5 Å². The first-order valence-electron chi connectivity index (χ1n) is 6.98. The highest BCUT2D eigenvalue weighted by molar-refractivity contribution is 7.09. The van der Waals surface area contributed by atoms with Gasteiger partial charge in [0, 0.05) is 43.1 Å². The van der Waals surface area contributed by atoms with Crippen molar-refractivity contribution in [1.82, 2.24) is 15.0 Å². The second-order valence-corrected chi connectivity index (χ2v) is 5.52. The number of hydrogen-bond donors (Lipinski definition) is 2. The van der Waals surface area contributed by atoms with Crippen LogP contribution in [0.2, 0.25) is 0 Å². The molecule has 2 heterocycles. The number of hydrogen-bond acceptors (Lipinski definition) is 6.